The molecule has 7 nitrogen and oxygen atoms in total. The topological polar surface area (TPSA) is 72.5 Å². The summed E-state index contributed by atoms with van der Waals surface area (Å²) in [5, 5.41) is 0. The molecule has 1 saturated carbocycles. The lowest BCUT2D eigenvalue weighted by atomic mass is 9.58. The normalized spacial score (nSPS) is 42.8. The van der Waals surface area contributed by atoms with Crippen LogP contribution in [0.4, 0.5) is 0 Å². The Morgan fingerprint density at radius 2 is 1.81 bits per heavy atom. The second-order valence-corrected chi connectivity index (χ2v) is 10.4. The molecule has 5 fully saturated rings. The summed E-state index contributed by atoms with van der Waals surface area (Å²) < 4.78 is 24.2. The van der Waals surface area contributed by atoms with Gasteiger partial charge in [-0.25, -0.2) is 14.6 Å². The predicted octanol–water partition coefficient (Wildman–Crippen LogP) is 4.84. The fourth-order valence-electron chi connectivity index (χ4n) is 6.12. The van der Waals surface area contributed by atoms with E-state index in [1.165, 1.54) is 0 Å². The van der Waals surface area contributed by atoms with Crippen LogP contribution in [0, 0.1) is 23.7 Å². The molecule has 1 aromatic rings. The smallest absolute Gasteiger partial charge is 0.340 e. The fourth-order valence-corrected chi connectivity index (χ4v) is 6.12. The fraction of sp³-hybridized carbons (Fsp3) is 0.720. The van der Waals surface area contributed by atoms with Crippen LogP contribution in [0.5, 0.6) is 5.75 Å². The van der Waals surface area contributed by atoms with E-state index in [2.05, 4.69) is 13.8 Å². The first-order chi connectivity index (χ1) is 15.2. The zero-order valence-corrected chi connectivity index (χ0v) is 19.5. The molecule has 1 aliphatic carbocycles. The minimum Gasteiger partial charge on any atom is -0.491 e. The zero-order valence-electron chi connectivity index (χ0n) is 19.5. The molecule has 0 aromatic heterocycles. The minimum atomic E-state index is -0.848. The molecule has 4 heterocycles. The highest BCUT2D eigenvalue weighted by atomic mass is 17.3. The van der Waals surface area contributed by atoms with E-state index in [4.69, 9.17) is 28.7 Å². The molecule has 32 heavy (non-hydrogen) atoms. The van der Waals surface area contributed by atoms with E-state index in [-0.39, 0.29) is 23.9 Å². The summed E-state index contributed by atoms with van der Waals surface area (Å²) in [7, 11) is 0. The van der Waals surface area contributed by atoms with Gasteiger partial charge < -0.3 is 18.9 Å². The third-order valence-corrected chi connectivity index (χ3v) is 7.78. The highest BCUT2D eigenvalue weighted by Crippen LogP contribution is 2.60. The van der Waals surface area contributed by atoms with Gasteiger partial charge in [0.2, 0.25) is 12.1 Å². The second kappa shape index (κ2) is 7.97. The number of fused-ring (bicyclic) bond motifs is 2. The monoisotopic (exact) mass is 446 g/mol. The lowest BCUT2D eigenvalue weighted by Crippen LogP contribution is -2.70. The molecule has 4 saturated heterocycles. The summed E-state index contributed by atoms with van der Waals surface area (Å²) in [5.74, 6) is 0.284. The summed E-state index contributed by atoms with van der Waals surface area (Å²) >= 11 is 0. The summed E-state index contributed by atoms with van der Waals surface area (Å²) in [6.45, 7) is 10.2. The Morgan fingerprint density at radius 1 is 1.06 bits per heavy atom. The minimum absolute atomic E-state index is 0.0524. The molecule has 0 N–H and O–H groups in total. The number of rotatable bonds is 4. The van der Waals surface area contributed by atoms with Gasteiger partial charge in [-0.05, 0) is 76.1 Å². The molecule has 0 amide bonds. The molecular weight excluding hydrogens is 412 g/mol. The van der Waals surface area contributed by atoms with Crippen LogP contribution in [0.1, 0.15) is 70.7 Å². The van der Waals surface area contributed by atoms with Crippen molar-refractivity contribution in [2.24, 2.45) is 23.7 Å². The first-order valence-electron chi connectivity index (χ1n) is 11.9. The summed E-state index contributed by atoms with van der Waals surface area (Å²) in [5.41, 5.74) is -0.201. The largest absolute Gasteiger partial charge is 0.491 e. The maximum Gasteiger partial charge on any atom is 0.340 e. The molecule has 5 aliphatic rings. The van der Waals surface area contributed by atoms with Crippen LogP contribution < -0.4 is 4.74 Å². The third-order valence-electron chi connectivity index (χ3n) is 7.78. The van der Waals surface area contributed by atoms with E-state index in [1.807, 2.05) is 20.8 Å². The quantitative estimate of drug-likeness (QED) is 0.484. The number of esters is 1. The van der Waals surface area contributed by atoms with Crippen LogP contribution in [0.2, 0.25) is 0 Å². The van der Waals surface area contributed by atoms with Crippen LogP contribution in [-0.2, 0) is 24.0 Å². The highest BCUT2D eigenvalue weighted by molar-refractivity contribution is 5.89. The van der Waals surface area contributed by atoms with Gasteiger partial charge in [0.05, 0.1) is 11.7 Å². The van der Waals surface area contributed by atoms with Gasteiger partial charge in [-0.15, -0.1) is 0 Å². The number of benzene rings is 1. The van der Waals surface area contributed by atoms with Crippen LogP contribution in [0.25, 0.3) is 0 Å². The molecule has 2 bridgehead atoms. The van der Waals surface area contributed by atoms with E-state index in [0.717, 1.165) is 31.4 Å². The molecule has 6 rings (SSSR count). The molecule has 4 aliphatic heterocycles. The van der Waals surface area contributed by atoms with Gasteiger partial charge in [0.15, 0.2) is 11.9 Å². The van der Waals surface area contributed by atoms with Crippen LogP contribution >= 0.6 is 0 Å². The number of hydrogen-bond donors (Lipinski definition) is 0. The maximum atomic E-state index is 12.9. The van der Waals surface area contributed by atoms with Gasteiger partial charge in [0.1, 0.15) is 5.75 Å². The Kier molecular flexibility index (Phi) is 5.52. The number of ether oxygens (including phenoxy) is 4. The van der Waals surface area contributed by atoms with E-state index in [0.29, 0.717) is 11.5 Å². The van der Waals surface area contributed by atoms with Gasteiger partial charge in [-0.3, -0.25) is 0 Å². The average molecular weight is 447 g/mol. The molecule has 7 heteroatoms. The lowest BCUT2D eigenvalue weighted by molar-refractivity contribution is -0.576. The van der Waals surface area contributed by atoms with Gasteiger partial charge in [0.25, 0.3) is 0 Å². The first kappa shape index (κ1) is 22.1. The van der Waals surface area contributed by atoms with Crippen molar-refractivity contribution in [3.63, 3.8) is 0 Å². The van der Waals surface area contributed by atoms with Crippen LogP contribution in [0.15, 0.2) is 24.3 Å². The first-order valence-corrected chi connectivity index (χ1v) is 11.9. The zero-order chi connectivity index (χ0) is 22.7. The second-order valence-electron chi connectivity index (χ2n) is 10.4. The van der Waals surface area contributed by atoms with Crippen LogP contribution in [-0.4, -0.2) is 36.0 Å². The summed E-state index contributed by atoms with van der Waals surface area (Å²) in [6.07, 6.45) is 2.51. The van der Waals surface area contributed by atoms with Gasteiger partial charge in [-0.2, -0.15) is 0 Å². The van der Waals surface area contributed by atoms with Crippen molar-refractivity contribution in [2.75, 3.05) is 0 Å². The highest BCUT2D eigenvalue weighted by Gasteiger charge is 2.69. The van der Waals surface area contributed by atoms with E-state index >= 15 is 0 Å². The molecule has 176 valence electrons. The number of carbonyl (C=O) groups is 1. The number of hydrogen-bond acceptors (Lipinski definition) is 7. The standard InChI is InChI=1S/C25H34O7/c1-14(2)27-18-9-7-17(8-10-18)21(26)28-22-16(4)20-11-6-15(3)19-12-13-24(5)30-23(29-22)25(19,20)32-31-24/h7-10,14-16,19-20,22-23H,6,11-13H2,1-5H3/t15-,16+,19-,20+,22-,23-,24-,25-/m1/s1. The molecule has 8 atom stereocenters. The van der Waals surface area contributed by atoms with Crippen molar-refractivity contribution in [1.82, 2.24) is 0 Å². The van der Waals surface area contributed by atoms with E-state index < -0.39 is 29.9 Å². The van der Waals surface area contributed by atoms with Crippen molar-refractivity contribution in [3.05, 3.63) is 29.8 Å². The van der Waals surface area contributed by atoms with E-state index in [1.54, 1.807) is 24.3 Å². The van der Waals surface area contributed by atoms with Crippen molar-refractivity contribution < 1.29 is 33.5 Å². The summed E-state index contributed by atoms with van der Waals surface area (Å²) in [6, 6.07) is 7.00. The van der Waals surface area contributed by atoms with Crippen molar-refractivity contribution >= 4 is 5.97 Å². The Bertz CT molecular complexity index is 854. The molecule has 0 unspecified atom stereocenters. The molecule has 1 spiro atoms. The van der Waals surface area contributed by atoms with Crippen molar-refractivity contribution in [1.29, 1.82) is 0 Å². The molecular formula is C25H34O7. The van der Waals surface area contributed by atoms with Crippen molar-refractivity contribution in [2.45, 2.75) is 90.4 Å². The molecule has 0 radical (unpaired) electrons. The van der Waals surface area contributed by atoms with Crippen LogP contribution in [0.3, 0.4) is 0 Å². The Hall–Kier alpha value is -1.67. The number of carbonyl (C=O) groups excluding carboxylic acids is 1. The summed E-state index contributed by atoms with van der Waals surface area (Å²) in [4.78, 5) is 24.9. The van der Waals surface area contributed by atoms with Gasteiger partial charge >= 0.3 is 5.97 Å². The lowest BCUT2D eigenvalue weighted by Gasteiger charge is -2.59. The SMILES string of the molecule is CC(C)Oc1ccc(C(=O)O[C@@H]2O[C@@H]3O[C@@]4(C)CC[C@@H]5[C@H](C)CC[C@@H]([C@@H]2C)[C@@]35OO4)cc1. The Morgan fingerprint density at radius 3 is 2.53 bits per heavy atom. The predicted molar refractivity (Wildman–Crippen MR) is 114 cm³/mol. The van der Waals surface area contributed by atoms with Gasteiger partial charge in [0, 0.05) is 18.3 Å². The molecule has 1 aromatic carbocycles. The van der Waals surface area contributed by atoms with E-state index in [9.17, 15) is 4.79 Å². The average Bonchev–Trinajstić information content (AvgIpc) is 2.98. The Balaban J connectivity index is 1.37. The maximum absolute atomic E-state index is 12.9. The Labute approximate surface area is 189 Å². The van der Waals surface area contributed by atoms with Crippen molar-refractivity contribution in [3.8, 4) is 5.75 Å². The van der Waals surface area contributed by atoms with Gasteiger partial charge in [-0.1, -0.05) is 13.8 Å². The third kappa shape index (κ3) is 3.54.